The Morgan fingerprint density at radius 1 is 1.17 bits per heavy atom. The average Bonchev–Trinajstić information content (AvgIpc) is 2.55. The summed E-state index contributed by atoms with van der Waals surface area (Å²) in [6.07, 6.45) is 0.672. The molecular weight excluding hydrogens is 294 g/mol. The molecule has 0 unspecified atom stereocenters. The third-order valence-electron chi connectivity index (χ3n) is 3.56. The van der Waals surface area contributed by atoms with Crippen molar-refractivity contribution in [1.29, 1.82) is 0 Å². The maximum atomic E-state index is 10.7. The van der Waals surface area contributed by atoms with Gasteiger partial charge in [0.05, 0.1) is 13.7 Å². The quantitative estimate of drug-likeness (QED) is 0.778. The van der Waals surface area contributed by atoms with Gasteiger partial charge in [0.1, 0.15) is 6.04 Å². The van der Waals surface area contributed by atoms with Gasteiger partial charge in [-0.25, -0.2) is 0 Å². The molecule has 1 atom stereocenters. The van der Waals surface area contributed by atoms with Gasteiger partial charge >= 0.3 is 0 Å². The van der Waals surface area contributed by atoms with Crippen molar-refractivity contribution in [2.75, 3.05) is 13.7 Å². The number of benzene rings is 2. The van der Waals surface area contributed by atoms with Gasteiger partial charge in [0, 0.05) is 24.4 Å². The molecule has 2 aromatic rings. The van der Waals surface area contributed by atoms with Crippen molar-refractivity contribution in [3.63, 3.8) is 0 Å². The Kier molecular flexibility index (Phi) is 6.00. The number of hydrogen-bond donors (Lipinski definition) is 1. The first-order valence-electron chi connectivity index (χ1n) is 7.47. The summed E-state index contributed by atoms with van der Waals surface area (Å²) in [5.74, 6) is 0.0857. The summed E-state index contributed by atoms with van der Waals surface area (Å²) in [4.78, 5) is 10.7. The van der Waals surface area contributed by atoms with Crippen LogP contribution in [0.3, 0.4) is 0 Å². The fourth-order valence-corrected chi connectivity index (χ4v) is 2.30. The SMILES string of the molecule is COc1cc([C@H]([NH3+])CC(=O)[O-])ccc1OCCc1ccccc1. The lowest BCUT2D eigenvalue weighted by Gasteiger charge is -2.14. The summed E-state index contributed by atoms with van der Waals surface area (Å²) in [6, 6.07) is 15.0. The van der Waals surface area contributed by atoms with Crippen molar-refractivity contribution < 1.29 is 25.1 Å². The third-order valence-corrected chi connectivity index (χ3v) is 3.56. The standard InChI is InChI=1S/C18H21NO4/c1-22-17-11-14(15(19)12-18(20)21)7-8-16(17)23-10-9-13-5-3-2-4-6-13/h2-8,11,15H,9-10,12,19H2,1H3,(H,20,21)/t15-/m1/s1. The van der Waals surface area contributed by atoms with Gasteiger partial charge in [-0.15, -0.1) is 0 Å². The molecule has 0 radical (unpaired) electrons. The fraction of sp³-hybridized carbons (Fsp3) is 0.278. The zero-order valence-electron chi connectivity index (χ0n) is 13.2. The van der Waals surface area contributed by atoms with E-state index in [2.05, 4.69) is 17.9 Å². The van der Waals surface area contributed by atoms with Crippen molar-refractivity contribution in [3.8, 4) is 11.5 Å². The normalized spacial score (nSPS) is 11.7. The van der Waals surface area contributed by atoms with Crippen LogP contribution < -0.4 is 20.3 Å². The van der Waals surface area contributed by atoms with Crippen LogP contribution in [0.1, 0.15) is 23.6 Å². The first-order valence-corrected chi connectivity index (χ1v) is 7.47. The second kappa shape index (κ2) is 8.19. The van der Waals surface area contributed by atoms with E-state index in [0.717, 1.165) is 12.0 Å². The van der Waals surface area contributed by atoms with Crippen molar-refractivity contribution in [3.05, 3.63) is 59.7 Å². The van der Waals surface area contributed by atoms with Gasteiger partial charge in [-0.2, -0.15) is 0 Å². The van der Waals surface area contributed by atoms with Gasteiger partial charge in [-0.05, 0) is 23.8 Å². The highest BCUT2D eigenvalue weighted by Crippen LogP contribution is 2.30. The molecule has 2 rings (SSSR count). The van der Waals surface area contributed by atoms with Crippen molar-refractivity contribution in [1.82, 2.24) is 0 Å². The monoisotopic (exact) mass is 315 g/mol. The number of carbonyl (C=O) groups is 1. The number of carbonyl (C=O) groups excluding carboxylic acids is 1. The lowest BCUT2D eigenvalue weighted by Crippen LogP contribution is -2.55. The molecule has 5 nitrogen and oxygen atoms in total. The van der Waals surface area contributed by atoms with Crippen molar-refractivity contribution >= 4 is 5.97 Å². The van der Waals surface area contributed by atoms with Gasteiger partial charge in [0.25, 0.3) is 0 Å². The Labute approximate surface area is 135 Å². The smallest absolute Gasteiger partial charge is 0.161 e. The second-order valence-electron chi connectivity index (χ2n) is 5.27. The minimum absolute atomic E-state index is 0.128. The number of hydrogen-bond acceptors (Lipinski definition) is 4. The van der Waals surface area contributed by atoms with E-state index in [4.69, 9.17) is 9.47 Å². The lowest BCUT2D eigenvalue weighted by molar-refractivity contribution is -0.430. The maximum Gasteiger partial charge on any atom is 0.161 e. The predicted octanol–water partition coefficient (Wildman–Crippen LogP) is 0.740. The molecule has 0 aromatic heterocycles. The molecule has 0 heterocycles. The molecule has 0 amide bonds. The van der Waals surface area contributed by atoms with Crippen LogP contribution in [-0.4, -0.2) is 19.7 Å². The van der Waals surface area contributed by atoms with E-state index in [0.29, 0.717) is 18.1 Å². The Morgan fingerprint density at radius 2 is 1.91 bits per heavy atom. The summed E-state index contributed by atoms with van der Waals surface area (Å²) in [5.41, 5.74) is 5.82. The van der Waals surface area contributed by atoms with Gasteiger partial charge < -0.3 is 25.1 Å². The van der Waals surface area contributed by atoms with Crippen LogP contribution in [0.15, 0.2) is 48.5 Å². The molecule has 0 aliphatic rings. The minimum Gasteiger partial charge on any atom is -0.550 e. The van der Waals surface area contributed by atoms with E-state index in [-0.39, 0.29) is 12.5 Å². The summed E-state index contributed by atoms with van der Waals surface area (Å²) in [7, 11) is 1.56. The Hall–Kier alpha value is -2.53. The third kappa shape index (κ3) is 5.00. The highest BCUT2D eigenvalue weighted by atomic mass is 16.5. The van der Waals surface area contributed by atoms with Crippen LogP contribution in [0, 0.1) is 0 Å². The van der Waals surface area contributed by atoms with E-state index in [9.17, 15) is 9.90 Å². The summed E-state index contributed by atoms with van der Waals surface area (Å²) >= 11 is 0. The highest BCUT2D eigenvalue weighted by molar-refractivity contribution is 5.65. The number of aliphatic carboxylic acids is 1. The highest BCUT2D eigenvalue weighted by Gasteiger charge is 2.14. The number of rotatable bonds is 8. The topological polar surface area (TPSA) is 86.2 Å². The molecule has 23 heavy (non-hydrogen) atoms. The Morgan fingerprint density at radius 3 is 2.57 bits per heavy atom. The van der Waals surface area contributed by atoms with Crippen LogP contribution in [-0.2, 0) is 11.2 Å². The molecular formula is C18H21NO4. The van der Waals surface area contributed by atoms with Crippen LogP contribution in [0.4, 0.5) is 0 Å². The van der Waals surface area contributed by atoms with E-state index < -0.39 is 5.97 Å². The van der Waals surface area contributed by atoms with Gasteiger partial charge in [0.15, 0.2) is 11.5 Å². The van der Waals surface area contributed by atoms with Gasteiger partial charge in [-0.3, -0.25) is 0 Å². The molecule has 0 fully saturated rings. The molecule has 3 N–H and O–H groups in total. The van der Waals surface area contributed by atoms with Crippen LogP contribution in [0.25, 0.3) is 0 Å². The minimum atomic E-state index is -1.12. The first-order chi connectivity index (χ1) is 11.1. The molecule has 0 bridgehead atoms. The molecule has 5 heteroatoms. The average molecular weight is 315 g/mol. The molecule has 0 spiro atoms. The molecule has 0 aliphatic heterocycles. The van der Waals surface area contributed by atoms with Crippen molar-refractivity contribution in [2.45, 2.75) is 18.9 Å². The van der Waals surface area contributed by atoms with E-state index in [1.54, 1.807) is 25.3 Å². The van der Waals surface area contributed by atoms with E-state index in [1.807, 2.05) is 18.2 Å². The van der Waals surface area contributed by atoms with Gasteiger partial charge in [-0.1, -0.05) is 30.3 Å². The fourth-order valence-electron chi connectivity index (χ4n) is 2.30. The summed E-state index contributed by atoms with van der Waals surface area (Å²) in [6.45, 7) is 0.534. The van der Waals surface area contributed by atoms with E-state index in [1.165, 1.54) is 5.56 Å². The summed E-state index contributed by atoms with van der Waals surface area (Å²) < 4.78 is 11.1. The number of carboxylic acid groups (broad SMARTS) is 1. The number of carboxylic acids is 1. The van der Waals surface area contributed by atoms with Crippen LogP contribution in [0.2, 0.25) is 0 Å². The zero-order chi connectivity index (χ0) is 16.7. The first kappa shape index (κ1) is 16.8. The molecule has 0 saturated heterocycles. The lowest BCUT2D eigenvalue weighted by atomic mass is 10.0. The van der Waals surface area contributed by atoms with Crippen molar-refractivity contribution in [2.24, 2.45) is 0 Å². The van der Waals surface area contributed by atoms with E-state index >= 15 is 0 Å². The van der Waals surface area contributed by atoms with Gasteiger partial charge in [0.2, 0.25) is 0 Å². The second-order valence-corrected chi connectivity index (χ2v) is 5.27. The molecule has 0 saturated carbocycles. The van der Waals surface area contributed by atoms with Crippen LogP contribution >= 0.6 is 0 Å². The number of ether oxygens (including phenoxy) is 2. The van der Waals surface area contributed by atoms with Crippen LogP contribution in [0.5, 0.6) is 11.5 Å². The largest absolute Gasteiger partial charge is 0.550 e. The molecule has 122 valence electrons. The number of quaternary nitrogens is 1. The Balaban J connectivity index is 2.00. The summed E-state index contributed by atoms with van der Waals surface area (Å²) in [5, 5.41) is 10.7. The Bertz CT molecular complexity index is 643. The maximum absolute atomic E-state index is 10.7. The predicted molar refractivity (Wildman–Crippen MR) is 83.9 cm³/mol. The molecule has 0 aliphatic carbocycles. The zero-order valence-corrected chi connectivity index (χ0v) is 13.2. The molecule has 2 aromatic carbocycles. The number of methoxy groups -OCH3 is 1.